The van der Waals surface area contributed by atoms with Crippen molar-refractivity contribution in [2.45, 2.75) is 38.6 Å². The topological polar surface area (TPSA) is 85.4 Å². The lowest BCUT2D eigenvalue weighted by Crippen LogP contribution is -2.33. The molecule has 1 atom stereocenters. The minimum Gasteiger partial charge on any atom is -0.507 e. The van der Waals surface area contributed by atoms with Crippen molar-refractivity contribution >= 4 is 5.97 Å². The number of aromatic hydroxyl groups is 1. The molecule has 26 heavy (non-hydrogen) atoms. The number of benzene rings is 1. The molecule has 0 aliphatic heterocycles. The molecule has 1 heterocycles. The van der Waals surface area contributed by atoms with Gasteiger partial charge in [0.1, 0.15) is 11.8 Å². The Morgan fingerprint density at radius 1 is 1.27 bits per heavy atom. The molecule has 1 aromatic heterocycles. The highest BCUT2D eigenvalue weighted by Crippen LogP contribution is 2.26. The molecule has 3 N–H and O–H groups in total. The first-order chi connectivity index (χ1) is 12.5. The molecule has 0 saturated heterocycles. The Morgan fingerprint density at radius 3 is 2.65 bits per heavy atom. The van der Waals surface area contributed by atoms with Gasteiger partial charge in [0.15, 0.2) is 0 Å². The zero-order valence-corrected chi connectivity index (χ0v) is 15.3. The number of phenols is 1. The molecular weight excluding hydrogens is 328 g/mol. The Morgan fingerprint density at radius 2 is 2.00 bits per heavy atom. The quantitative estimate of drug-likeness (QED) is 0.562. The monoisotopic (exact) mass is 354 g/mol. The van der Waals surface area contributed by atoms with Crippen LogP contribution in [-0.4, -0.2) is 29.2 Å². The van der Waals surface area contributed by atoms with Crippen molar-refractivity contribution in [1.82, 2.24) is 4.98 Å². The highest BCUT2D eigenvalue weighted by Gasteiger charge is 2.16. The average molecular weight is 354 g/mol. The SMILES string of the molecule is CCc1cc(CC(N)C(=O)OC)cc(C/C=C\Cc2ccccn2)c1O. The normalized spacial score (nSPS) is 12.3. The van der Waals surface area contributed by atoms with Crippen LogP contribution in [0.4, 0.5) is 0 Å². The fourth-order valence-corrected chi connectivity index (χ4v) is 2.80. The van der Waals surface area contributed by atoms with E-state index >= 15 is 0 Å². The van der Waals surface area contributed by atoms with Crippen molar-refractivity contribution in [1.29, 1.82) is 0 Å². The third-order valence-electron chi connectivity index (χ3n) is 4.23. The van der Waals surface area contributed by atoms with Crippen LogP contribution in [0.1, 0.15) is 29.3 Å². The van der Waals surface area contributed by atoms with Crippen LogP contribution in [0.3, 0.4) is 0 Å². The predicted octanol–water partition coefficient (Wildman–Crippen LogP) is 2.73. The van der Waals surface area contributed by atoms with E-state index in [0.717, 1.165) is 28.8 Å². The summed E-state index contributed by atoms with van der Waals surface area (Å²) in [5.41, 5.74) is 9.47. The van der Waals surface area contributed by atoms with E-state index in [1.807, 2.05) is 49.4 Å². The van der Waals surface area contributed by atoms with Crippen LogP contribution in [0.5, 0.6) is 5.75 Å². The number of rotatable bonds is 8. The summed E-state index contributed by atoms with van der Waals surface area (Å²) in [6.07, 6.45) is 8.27. The van der Waals surface area contributed by atoms with E-state index in [4.69, 9.17) is 5.73 Å². The van der Waals surface area contributed by atoms with Crippen LogP contribution in [0, 0.1) is 0 Å². The number of phenolic OH excluding ortho intramolecular Hbond substituents is 1. The molecule has 0 bridgehead atoms. The number of pyridine rings is 1. The zero-order valence-electron chi connectivity index (χ0n) is 15.3. The van der Waals surface area contributed by atoms with Gasteiger partial charge in [-0.3, -0.25) is 9.78 Å². The van der Waals surface area contributed by atoms with Gasteiger partial charge in [-0.1, -0.05) is 37.3 Å². The zero-order chi connectivity index (χ0) is 18.9. The van der Waals surface area contributed by atoms with Crippen LogP contribution < -0.4 is 5.73 Å². The van der Waals surface area contributed by atoms with E-state index < -0.39 is 12.0 Å². The fourth-order valence-electron chi connectivity index (χ4n) is 2.80. The second kappa shape index (κ2) is 9.73. The first-order valence-corrected chi connectivity index (χ1v) is 8.77. The number of allylic oxidation sites excluding steroid dienone is 2. The Bertz CT molecular complexity index is 757. The lowest BCUT2D eigenvalue weighted by Gasteiger charge is -2.14. The standard InChI is InChI=1S/C21H26N2O3/c1-3-16-12-15(14-19(22)21(25)26-2)13-17(20(16)24)8-4-5-9-18-10-6-7-11-23-18/h4-7,10-13,19,24H,3,8-9,14,22H2,1-2H3/b5-4-. The smallest absolute Gasteiger partial charge is 0.322 e. The first kappa shape index (κ1) is 19.7. The summed E-state index contributed by atoms with van der Waals surface area (Å²) >= 11 is 0. The van der Waals surface area contributed by atoms with E-state index in [-0.39, 0.29) is 0 Å². The van der Waals surface area contributed by atoms with E-state index in [1.54, 1.807) is 6.20 Å². The van der Waals surface area contributed by atoms with Gasteiger partial charge in [0.05, 0.1) is 7.11 Å². The Kier molecular flexibility index (Phi) is 7.36. The maximum atomic E-state index is 11.6. The Hall–Kier alpha value is -2.66. The highest BCUT2D eigenvalue weighted by atomic mass is 16.5. The number of hydrogen-bond acceptors (Lipinski definition) is 5. The fraction of sp³-hybridized carbons (Fsp3) is 0.333. The lowest BCUT2D eigenvalue weighted by atomic mass is 9.96. The number of ether oxygens (including phenoxy) is 1. The average Bonchev–Trinajstić information content (AvgIpc) is 2.67. The maximum absolute atomic E-state index is 11.6. The summed E-state index contributed by atoms with van der Waals surface area (Å²) in [5, 5.41) is 10.4. The number of carbonyl (C=O) groups excluding carboxylic acids is 1. The van der Waals surface area contributed by atoms with Gasteiger partial charge in [0.2, 0.25) is 0 Å². The van der Waals surface area contributed by atoms with Gasteiger partial charge in [-0.25, -0.2) is 0 Å². The van der Waals surface area contributed by atoms with Crippen molar-refractivity contribution in [3.8, 4) is 5.75 Å². The highest BCUT2D eigenvalue weighted by molar-refractivity contribution is 5.75. The molecule has 5 heteroatoms. The number of nitrogens with two attached hydrogens (primary N) is 1. The van der Waals surface area contributed by atoms with Gasteiger partial charge in [-0.2, -0.15) is 0 Å². The number of carbonyl (C=O) groups is 1. The molecule has 0 spiro atoms. The number of aromatic nitrogens is 1. The minimum absolute atomic E-state index is 0.311. The van der Waals surface area contributed by atoms with Crippen LogP contribution in [0.25, 0.3) is 0 Å². The number of hydrogen-bond donors (Lipinski definition) is 2. The second-order valence-corrected chi connectivity index (χ2v) is 6.15. The molecule has 2 aromatic rings. The number of methoxy groups -OCH3 is 1. The first-order valence-electron chi connectivity index (χ1n) is 8.77. The largest absolute Gasteiger partial charge is 0.507 e. The third kappa shape index (κ3) is 5.43. The Balaban J connectivity index is 2.11. The molecule has 0 fully saturated rings. The summed E-state index contributed by atoms with van der Waals surface area (Å²) in [4.78, 5) is 15.8. The van der Waals surface area contributed by atoms with Gasteiger partial charge in [0.25, 0.3) is 0 Å². The Labute approximate surface area is 154 Å². The summed E-state index contributed by atoms with van der Waals surface area (Å²) in [5.74, 6) is -0.127. The van der Waals surface area contributed by atoms with Gasteiger partial charge in [-0.15, -0.1) is 0 Å². The van der Waals surface area contributed by atoms with E-state index in [0.29, 0.717) is 25.0 Å². The maximum Gasteiger partial charge on any atom is 0.322 e. The van der Waals surface area contributed by atoms with Crippen LogP contribution in [-0.2, 0) is 35.2 Å². The molecule has 0 aliphatic rings. The lowest BCUT2D eigenvalue weighted by molar-refractivity contribution is -0.142. The number of aryl methyl sites for hydroxylation is 1. The van der Waals surface area contributed by atoms with Crippen LogP contribution >= 0.6 is 0 Å². The van der Waals surface area contributed by atoms with Crippen molar-refractivity contribution in [2.24, 2.45) is 5.73 Å². The summed E-state index contributed by atoms with van der Waals surface area (Å²) in [6, 6.07) is 8.93. The molecule has 138 valence electrons. The van der Waals surface area contributed by atoms with E-state index in [9.17, 15) is 9.90 Å². The van der Waals surface area contributed by atoms with Gasteiger partial charge < -0.3 is 15.6 Å². The molecule has 0 radical (unpaired) electrons. The minimum atomic E-state index is -0.707. The second-order valence-electron chi connectivity index (χ2n) is 6.15. The molecule has 0 amide bonds. The third-order valence-corrected chi connectivity index (χ3v) is 4.23. The molecule has 0 saturated carbocycles. The summed E-state index contributed by atoms with van der Waals surface area (Å²) < 4.78 is 4.69. The molecule has 2 rings (SSSR count). The number of esters is 1. The summed E-state index contributed by atoms with van der Waals surface area (Å²) in [6.45, 7) is 1.99. The van der Waals surface area contributed by atoms with Crippen molar-refractivity contribution < 1.29 is 14.6 Å². The van der Waals surface area contributed by atoms with Gasteiger partial charge >= 0.3 is 5.97 Å². The van der Waals surface area contributed by atoms with Gasteiger partial charge in [0, 0.05) is 18.3 Å². The van der Waals surface area contributed by atoms with E-state index in [2.05, 4.69) is 9.72 Å². The molecule has 0 aliphatic carbocycles. The predicted molar refractivity (Wildman–Crippen MR) is 102 cm³/mol. The van der Waals surface area contributed by atoms with Crippen molar-refractivity contribution in [3.63, 3.8) is 0 Å². The molecule has 5 nitrogen and oxygen atoms in total. The van der Waals surface area contributed by atoms with E-state index in [1.165, 1.54) is 7.11 Å². The van der Waals surface area contributed by atoms with Crippen LogP contribution in [0.2, 0.25) is 0 Å². The summed E-state index contributed by atoms with van der Waals surface area (Å²) in [7, 11) is 1.33. The van der Waals surface area contributed by atoms with Crippen molar-refractivity contribution in [2.75, 3.05) is 7.11 Å². The molecule has 1 aromatic carbocycles. The van der Waals surface area contributed by atoms with Gasteiger partial charge in [-0.05, 0) is 48.1 Å². The number of nitrogens with zero attached hydrogens (tertiary/aromatic N) is 1. The van der Waals surface area contributed by atoms with Crippen molar-refractivity contribution in [3.05, 3.63) is 71.1 Å². The molecular formula is C21H26N2O3. The molecule has 1 unspecified atom stereocenters. The van der Waals surface area contributed by atoms with Crippen LogP contribution in [0.15, 0.2) is 48.7 Å².